The zero-order valence-corrected chi connectivity index (χ0v) is 19.7. The number of carbonyl (C=O) groups excluding carboxylic acids is 2. The predicted molar refractivity (Wildman–Crippen MR) is 131 cm³/mol. The van der Waals surface area contributed by atoms with Gasteiger partial charge in [-0.1, -0.05) is 42.1 Å². The van der Waals surface area contributed by atoms with Gasteiger partial charge in [-0.3, -0.25) is 14.5 Å². The summed E-state index contributed by atoms with van der Waals surface area (Å²) < 4.78 is 5.43. The standard InChI is InChI=1S/C23H25N5O3S2/c24-20(29)14-32-19-8-4-3-7-18(19)26-22(30)15-33-23-16-5-1-2-6-17(16)25-21(27-23)13-28-9-11-31-12-10-28/h1-8H,9-15H2,(H2,24,29)(H,26,30). The van der Waals surface area contributed by atoms with Crippen molar-refractivity contribution >= 4 is 51.9 Å². The predicted octanol–water partition coefficient (Wildman–Crippen LogP) is 2.77. The molecule has 3 aromatic rings. The van der Waals surface area contributed by atoms with E-state index in [1.54, 1.807) is 0 Å². The first-order valence-electron chi connectivity index (χ1n) is 10.6. The molecule has 10 heteroatoms. The second-order valence-corrected chi connectivity index (χ2v) is 9.42. The van der Waals surface area contributed by atoms with Crippen LogP contribution in [0.5, 0.6) is 0 Å². The highest BCUT2D eigenvalue weighted by atomic mass is 32.2. The Kier molecular flexibility index (Phi) is 8.16. The number of nitrogens with one attached hydrogen (secondary N) is 1. The van der Waals surface area contributed by atoms with Crippen LogP contribution in [0.25, 0.3) is 10.9 Å². The topological polar surface area (TPSA) is 110 Å². The lowest BCUT2D eigenvalue weighted by molar-refractivity contribution is -0.115. The van der Waals surface area contributed by atoms with Gasteiger partial charge in [0.2, 0.25) is 11.8 Å². The number of nitrogens with zero attached hydrogens (tertiary/aromatic N) is 3. The number of thioether (sulfide) groups is 2. The Balaban J connectivity index is 1.45. The second kappa shape index (κ2) is 11.5. The molecule has 0 unspecified atom stereocenters. The maximum Gasteiger partial charge on any atom is 0.234 e. The number of primary amides is 1. The molecule has 33 heavy (non-hydrogen) atoms. The lowest BCUT2D eigenvalue weighted by Crippen LogP contribution is -2.36. The van der Waals surface area contributed by atoms with Crippen molar-refractivity contribution < 1.29 is 14.3 Å². The molecule has 0 saturated carbocycles. The van der Waals surface area contributed by atoms with E-state index in [2.05, 4.69) is 10.2 Å². The lowest BCUT2D eigenvalue weighted by Gasteiger charge is -2.25. The molecular weight excluding hydrogens is 458 g/mol. The molecule has 1 aliphatic rings. The summed E-state index contributed by atoms with van der Waals surface area (Å²) in [4.78, 5) is 36.4. The summed E-state index contributed by atoms with van der Waals surface area (Å²) in [5.74, 6) is 0.546. The number of morpholine rings is 1. The fraction of sp³-hybridized carbons (Fsp3) is 0.304. The van der Waals surface area contributed by atoms with Crippen molar-refractivity contribution in [2.75, 3.05) is 43.1 Å². The van der Waals surface area contributed by atoms with Gasteiger partial charge < -0.3 is 15.8 Å². The van der Waals surface area contributed by atoms with Crippen LogP contribution < -0.4 is 11.1 Å². The van der Waals surface area contributed by atoms with Crippen molar-refractivity contribution in [1.82, 2.24) is 14.9 Å². The number of rotatable bonds is 9. The number of aromatic nitrogens is 2. The number of carbonyl (C=O) groups is 2. The Labute approximate surface area is 200 Å². The van der Waals surface area contributed by atoms with E-state index in [0.29, 0.717) is 25.4 Å². The van der Waals surface area contributed by atoms with Crippen LogP contribution >= 0.6 is 23.5 Å². The average molecular weight is 484 g/mol. The molecule has 0 aliphatic carbocycles. The van der Waals surface area contributed by atoms with Crippen LogP contribution in [0.3, 0.4) is 0 Å². The normalized spacial score (nSPS) is 14.3. The quantitative estimate of drug-likeness (QED) is 0.353. The summed E-state index contributed by atoms with van der Waals surface area (Å²) in [7, 11) is 0. The molecule has 3 N–H and O–H groups in total. The summed E-state index contributed by atoms with van der Waals surface area (Å²) in [6.07, 6.45) is 0. The van der Waals surface area contributed by atoms with Crippen LogP contribution in [0.4, 0.5) is 5.69 Å². The zero-order chi connectivity index (χ0) is 23.0. The molecule has 0 bridgehead atoms. The van der Waals surface area contributed by atoms with Gasteiger partial charge in [0.25, 0.3) is 0 Å². The third-order valence-electron chi connectivity index (χ3n) is 4.95. The molecule has 1 saturated heterocycles. The molecule has 2 amide bonds. The molecule has 0 atom stereocenters. The molecule has 2 heterocycles. The van der Waals surface area contributed by atoms with E-state index in [1.807, 2.05) is 48.5 Å². The highest BCUT2D eigenvalue weighted by Gasteiger charge is 2.16. The van der Waals surface area contributed by atoms with Crippen LogP contribution in [0.2, 0.25) is 0 Å². The van der Waals surface area contributed by atoms with Gasteiger partial charge in [0.05, 0.1) is 42.5 Å². The highest BCUT2D eigenvalue weighted by molar-refractivity contribution is 8.00. The Hall–Kier alpha value is -2.66. The molecule has 1 aromatic heterocycles. The lowest BCUT2D eigenvalue weighted by atomic mass is 10.2. The number of nitrogens with two attached hydrogens (primary N) is 1. The number of benzene rings is 2. The van der Waals surface area contributed by atoms with Crippen molar-refractivity contribution in [3.05, 3.63) is 54.4 Å². The van der Waals surface area contributed by atoms with E-state index in [-0.39, 0.29) is 17.4 Å². The average Bonchev–Trinajstić information content (AvgIpc) is 2.82. The van der Waals surface area contributed by atoms with E-state index < -0.39 is 5.91 Å². The monoisotopic (exact) mass is 483 g/mol. The van der Waals surface area contributed by atoms with E-state index in [4.69, 9.17) is 20.4 Å². The maximum atomic E-state index is 12.7. The van der Waals surface area contributed by atoms with Crippen molar-refractivity contribution in [3.8, 4) is 0 Å². The minimum atomic E-state index is -0.403. The van der Waals surface area contributed by atoms with Gasteiger partial charge >= 0.3 is 0 Å². The molecule has 4 rings (SSSR count). The first-order chi connectivity index (χ1) is 16.1. The number of hydrogen-bond acceptors (Lipinski definition) is 8. The summed E-state index contributed by atoms with van der Waals surface area (Å²) in [6.45, 7) is 3.80. The van der Waals surface area contributed by atoms with E-state index >= 15 is 0 Å². The minimum Gasteiger partial charge on any atom is -0.379 e. The smallest absolute Gasteiger partial charge is 0.234 e. The van der Waals surface area contributed by atoms with Crippen molar-refractivity contribution in [2.45, 2.75) is 16.5 Å². The summed E-state index contributed by atoms with van der Waals surface area (Å²) in [5.41, 5.74) is 6.78. The fourth-order valence-electron chi connectivity index (χ4n) is 3.40. The number of hydrogen-bond donors (Lipinski definition) is 2. The third kappa shape index (κ3) is 6.67. The Bertz CT molecular complexity index is 1140. The maximum absolute atomic E-state index is 12.7. The second-order valence-electron chi connectivity index (χ2n) is 7.44. The Morgan fingerprint density at radius 2 is 1.76 bits per heavy atom. The molecule has 0 spiro atoms. The number of anilines is 1. The molecule has 172 valence electrons. The molecule has 8 nitrogen and oxygen atoms in total. The first kappa shape index (κ1) is 23.5. The van der Waals surface area contributed by atoms with E-state index in [1.165, 1.54) is 23.5 Å². The largest absolute Gasteiger partial charge is 0.379 e. The van der Waals surface area contributed by atoms with Crippen LogP contribution in [0.1, 0.15) is 5.82 Å². The van der Waals surface area contributed by atoms with Crippen LogP contribution in [-0.2, 0) is 20.9 Å². The molecular formula is C23H25N5O3S2. The van der Waals surface area contributed by atoms with Crippen molar-refractivity contribution in [2.24, 2.45) is 5.73 Å². The SMILES string of the molecule is NC(=O)CSc1ccccc1NC(=O)CSc1nc(CN2CCOCC2)nc2ccccc12. The molecule has 0 radical (unpaired) electrons. The van der Waals surface area contributed by atoms with Crippen molar-refractivity contribution in [3.63, 3.8) is 0 Å². The van der Waals surface area contributed by atoms with Gasteiger partial charge in [0.15, 0.2) is 0 Å². The van der Waals surface area contributed by atoms with Crippen molar-refractivity contribution in [1.29, 1.82) is 0 Å². The van der Waals surface area contributed by atoms with Crippen LogP contribution in [0, 0.1) is 0 Å². The van der Waals surface area contributed by atoms with E-state index in [9.17, 15) is 9.59 Å². The van der Waals surface area contributed by atoms with Gasteiger partial charge in [-0.2, -0.15) is 0 Å². The number of ether oxygens (including phenoxy) is 1. The highest BCUT2D eigenvalue weighted by Crippen LogP contribution is 2.28. The van der Waals surface area contributed by atoms with Crippen LogP contribution in [-0.4, -0.2) is 64.5 Å². The number of amides is 2. The summed E-state index contributed by atoms with van der Waals surface area (Å²) in [6, 6.07) is 15.2. The number of para-hydroxylation sites is 2. The zero-order valence-electron chi connectivity index (χ0n) is 18.0. The van der Waals surface area contributed by atoms with Gasteiger partial charge in [0.1, 0.15) is 10.9 Å². The summed E-state index contributed by atoms with van der Waals surface area (Å²) >= 11 is 2.69. The third-order valence-corrected chi connectivity index (χ3v) is 7.04. The summed E-state index contributed by atoms with van der Waals surface area (Å²) in [5, 5.41) is 4.65. The Morgan fingerprint density at radius 1 is 1.00 bits per heavy atom. The molecule has 2 aromatic carbocycles. The first-order valence-corrected chi connectivity index (χ1v) is 12.5. The fourth-order valence-corrected chi connectivity index (χ4v) is 4.98. The minimum absolute atomic E-state index is 0.149. The van der Waals surface area contributed by atoms with Crippen LogP contribution in [0.15, 0.2) is 58.5 Å². The molecule has 1 aliphatic heterocycles. The number of fused-ring (bicyclic) bond motifs is 1. The van der Waals surface area contributed by atoms with Gasteiger partial charge in [-0.25, -0.2) is 9.97 Å². The van der Waals surface area contributed by atoms with Gasteiger partial charge in [0, 0.05) is 23.4 Å². The van der Waals surface area contributed by atoms with Gasteiger partial charge in [-0.05, 0) is 18.2 Å². The molecule has 1 fully saturated rings. The van der Waals surface area contributed by atoms with E-state index in [0.717, 1.165) is 39.7 Å². The Morgan fingerprint density at radius 3 is 2.58 bits per heavy atom. The van der Waals surface area contributed by atoms with Gasteiger partial charge in [-0.15, -0.1) is 11.8 Å².